The minimum absolute atomic E-state index is 0.106. The van der Waals surface area contributed by atoms with Gasteiger partial charge in [-0.2, -0.15) is 0 Å². The third kappa shape index (κ3) is 3.49. The lowest BCUT2D eigenvalue weighted by atomic mass is 9.83. The van der Waals surface area contributed by atoms with Gasteiger partial charge in [0.2, 0.25) is 5.91 Å². The number of hydrogen-bond donors (Lipinski definition) is 0. The molecule has 3 atom stereocenters. The van der Waals surface area contributed by atoms with Crippen molar-refractivity contribution < 1.29 is 9.53 Å². The Morgan fingerprint density at radius 1 is 1.19 bits per heavy atom. The van der Waals surface area contributed by atoms with Gasteiger partial charge in [-0.05, 0) is 35.2 Å². The van der Waals surface area contributed by atoms with Gasteiger partial charge in [0.15, 0.2) is 0 Å². The summed E-state index contributed by atoms with van der Waals surface area (Å²) >= 11 is 0. The number of rotatable bonds is 4. The molecule has 4 nitrogen and oxygen atoms in total. The second kappa shape index (κ2) is 7.37. The van der Waals surface area contributed by atoms with Crippen molar-refractivity contribution in [2.75, 3.05) is 33.8 Å². The Kier molecular flexibility index (Phi) is 4.96. The lowest BCUT2D eigenvalue weighted by molar-refractivity contribution is -0.131. The Hall–Kier alpha value is -1.91. The van der Waals surface area contributed by atoms with Gasteiger partial charge in [0.1, 0.15) is 0 Å². The van der Waals surface area contributed by atoms with Gasteiger partial charge in [-0.1, -0.05) is 42.5 Å². The van der Waals surface area contributed by atoms with Crippen LogP contribution >= 0.6 is 0 Å². The maximum atomic E-state index is 12.0. The van der Waals surface area contributed by atoms with Crippen molar-refractivity contribution in [3.8, 4) is 0 Å². The van der Waals surface area contributed by atoms with Gasteiger partial charge >= 0.3 is 0 Å². The quantitative estimate of drug-likeness (QED) is 0.847. The highest BCUT2D eigenvalue weighted by Gasteiger charge is 2.41. The molecule has 0 unspecified atom stereocenters. The first-order valence-electron chi connectivity index (χ1n) is 9.62. The number of hydrogen-bond acceptors (Lipinski definition) is 3. The van der Waals surface area contributed by atoms with Crippen LogP contribution in [0.5, 0.6) is 0 Å². The van der Waals surface area contributed by atoms with E-state index in [4.69, 9.17) is 4.74 Å². The number of carbonyl (C=O) groups is 1. The van der Waals surface area contributed by atoms with Crippen LogP contribution in [0.25, 0.3) is 10.8 Å². The highest BCUT2D eigenvalue weighted by Crippen LogP contribution is 2.36. The largest absolute Gasteiger partial charge is 0.377 e. The highest BCUT2D eigenvalue weighted by molar-refractivity contribution is 5.85. The van der Waals surface area contributed by atoms with Crippen LogP contribution in [0.2, 0.25) is 0 Å². The summed E-state index contributed by atoms with van der Waals surface area (Å²) in [4.78, 5) is 16.3. The topological polar surface area (TPSA) is 32.8 Å². The van der Waals surface area contributed by atoms with E-state index in [0.717, 1.165) is 32.7 Å². The summed E-state index contributed by atoms with van der Waals surface area (Å²) in [6, 6.07) is 15.2. The predicted molar refractivity (Wildman–Crippen MR) is 104 cm³/mol. The van der Waals surface area contributed by atoms with Crippen molar-refractivity contribution in [2.45, 2.75) is 25.5 Å². The molecule has 0 spiro atoms. The summed E-state index contributed by atoms with van der Waals surface area (Å²) in [5, 5.41) is 2.67. The van der Waals surface area contributed by atoms with Gasteiger partial charge in [-0.15, -0.1) is 0 Å². The Morgan fingerprint density at radius 2 is 2.00 bits per heavy atom. The van der Waals surface area contributed by atoms with Gasteiger partial charge in [0.05, 0.1) is 19.1 Å². The maximum absolute atomic E-state index is 12.0. The molecule has 0 aromatic heterocycles. The zero-order valence-electron chi connectivity index (χ0n) is 15.7. The number of ether oxygens (including phenoxy) is 1. The zero-order chi connectivity index (χ0) is 18.1. The summed E-state index contributed by atoms with van der Waals surface area (Å²) in [5.74, 6) is 1.26. The first kappa shape index (κ1) is 17.5. The molecule has 4 heteroatoms. The van der Waals surface area contributed by atoms with Crippen LogP contribution in [-0.2, 0) is 16.1 Å². The molecule has 2 heterocycles. The molecule has 0 bridgehead atoms. The number of fused-ring (bicyclic) bond motifs is 2. The van der Waals surface area contributed by atoms with Crippen LogP contribution in [0.1, 0.15) is 18.4 Å². The van der Waals surface area contributed by atoms with Gasteiger partial charge in [-0.25, -0.2) is 0 Å². The van der Waals surface area contributed by atoms with Gasteiger partial charge < -0.3 is 9.64 Å². The molecule has 2 saturated heterocycles. The average Bonchev–Trinajstić information content (AvgIpc) is 3.04. The molecule has 0 aliphatic carbocycles. The predicted octanol–water partition coefficient (Wildman–Crippen LogP) is 3.16. The van der Waals surface area contributed by atoms with E-state index in [2.05, 4.69) is 47.4 Å². The smallest absolute Gasteiger partial charge is 0.224 e. The summed E-state index contributed by atoms with van der Waals surface area (Å²) in [6.07, 6.45) is 1.76. The SMILES string of the molecule is CN(C)C(=O)C[C@H]1OC[C@H]2CN(Cc3cccc4ccccc34)CC[C@H]21. The fourth-order valence-corrected chi connectivity index (χ4v) is 4.54. The van der Waals surface area contributed by atoms with Crippen LogP contribution < -0.4 is 0 Å². The van der Waals surface area contributed by atoms with Crippen LogP contribution in [0, 0.1) is 11.8 Å². The summed E-state index contributed by atoms with van der Waals surface area (Å²) < 4.78 is 6.02. The van der Waals surface area contributed by atoms with Crippen LogP contribution in [-0.4, -0.2) is 55.6 Å². The number of amides is 1. The second-order valence-corrected chi connectivity index (χ2v) is 7.95. The minimum Gasteiger partial charge on any atom is -0.377 e. The molecule has 2 aliphatic rings. The van der Waals surface area contributed by atoms with Gasteiger partial charge in [0.25, 0.3) is 0 Å². The standard InChI is InChI=1S/C22H28N2O2/c1-23(2)22(25)12-21-20-10-11-24(14-18(20)15-26-21)13-17-8-5-7-16-6-3-4-9-19(16)17/h3-9,18,20-21H,10-15H2,1-2H3/t18-,20-,21-/m1/s1. The number of benzene rings is 2. The van der Waals surface area contributed by atoms with E-state index in [9.17, 15) is 4.79 Å². The summed E-state index contributed by atoms with van der Waals surface area (Å²) in [5.41, 5.74) is 1.40. The molecule has 2 aromatic rings. The third-order valence-corrected chi connectivity index (χ3v) is 6.03. The van der Waals surface area contributed by atoms with Crippen molar-refractivity contribution in [2.24, 2.45) is 11.8 Å². The average molecular weight is 352 g/mol. The Balaban J connectivity index is 1.41. The van der Waals surface area contributed by atoms with E-state index in [1.165, 1.54) is 16.3 Å². The summed E-state index contributed by atoms with van der Waals surface area (Å²) in [7, 11) is 3.64. The number of nitrogens with zero attached hydrogens (tertiary/aromatic N) is 2. The van der Waals surface area contributed by atoms with Crippen molar-refractivity contribution in [3.63, 3.8) is 0 Å². The molecule has 0 N–H and O–H groups in total. The normalized spacial score (nSPS) is 26.0. The first-order valence-corrected chi connectivity index (χ1v) is 9.62. The van der Waals surface area contributed by atoms with E-state index >= 15 is 0 Å². The van der Waals surface area contributed by atoms with E-state index in [1.54, 1.807) is 4.90 Å². The third-order valence-electron chi connectivity index (χ3n) is 6.03. The molecular formula is C22H28N2O2. The molecule has 1 amide bonds. The Morgan fingerprint density at radius 3 is 2.85 bits per heavy atom. The van der Waals surface area contributed by atoms with Crippen molar-refractivity contribution in [1.82, 2.24) is 9.80 Å². The van der Waals surface area contributed by atoms with Gasteiger partial charge in [0, 0.05) is 33.1 Å². The van der Waals surface area contributed by atoms with Crippen LogP contribution in [0.4, 0.5) is 0 Å². The molecule has 26 heavy (non-hydrogen) atoms. The second-order valence-electron chi connectivity index (χ2n) is 7.95. The van der Waals surface area contributed by atoms with E-state index in [-0.39, 0.29) is 12.0 Å². The molecule has 2 aromatic carbocycles. The summed E-state index contributed by atoms with van der Waals surface area (Å²) in [6.45, 7) is 3.94. The van der Waals surface area contributed by atoms with Crippen molar-refractivity contribution >= 4 is 16.7 Å². The van der Waals surface area contributed by atoms with E-state index in [0.29, 0.717) is 18.3 Å². The molecule has 4 rings (SSSR count). The molecule has 0 radical (unpaired) electrons. The Bertz CT molecular complexity index is 783. The van der Waals surface area contributed by atoms with Gasteiger partial charge in [-0.3, -0.25) is 9.69 Å². The lowest BCUT2D eigenvalue weighted by Crippen LogP contribution is -2.41. The zero-order valence-corrected chi connectivity index (χ0v) is 15.7. The molecule has 138 valence electrons. The Labute approximate surface area is 155 Å². The monoisotopic (exact) mass is 352 g/mol. The number of carbonyl (C=O) groups excluding carboxylic acids is 1. The van der Waals surface area contributed by atoms with Crippen molar-refractivity contribution in [3.05, 3.63) is 48.0 Å². The maximum Gasteiger partial charge on any atom is 0.224 e. The molecule has 2 fully saturated rings. The lowest BCUT2D eigenvalue weighted by Gasteiger charge is -2.36. The van der Waals surface area contributed by atoms with Crippen LogP contribution in [0.15, 0.2) is 42.5 Å². The highest BCUT2D eigenvalue weighted by atomic mass is 16.5. The van der Waals surface area contributed by atoms with Crippen LogP contribution in [0.3, 0.4) is 0 Å². The number of piperidine rings is 1. The molecule has 2 aliphatic heterocycles. The van der Waals surface area contributed by atoms with E-state index in [1.807, 2.05) is 14.1 Å². The van der Waals surface area contributed by atoms with E-state index < -0.39 is 0 Å². The molecular weight excluding hydrogens is 324 g/mol. The number of likely N-dealkylation sites (tertiary alicyclic amines) is 1. The fraction of sp³-hybridized carbons (Fsp3) is 0.500. The minimum atomic E-state index is 0.106. The molecule has 0 saturated carbocycles. The van der Waals surface area contributed by atoms with Crippen molar-refractivity contribution in [1.29, 1.82) is 0 Å². The fourth-order valence-electron chi connectivity index (χ4n) is 4.54. The first-order chi connectivity index (χ1) is 12.6.